The molecule has 17 heteroatoms. The third kappa shape index (κ3) is 7.32. The van der Waals surface area contributed by atoms with E-state index >= 15 is 0 Å². The topological polar surface area (TPSA) is 131 Å². The lowest BCUT2D eigenvalue weighted by molar-refractivity contribution is -0.242. The molecule has 1 aliphatic heterocycles. The lowest BCUT2D eigenvalue weighted by atomic mass is 9.97. The van der Waals surface area contributed by atoms with Gasteiger partial charge in [0, 0.05) is 17.6 Å². The Labute approximate surface area is 245 Å². The molecule has 43 heavy (non-hydrogen) atoms. The molecule has 1 aliphatic carbocycles. The van der Waals surface area contributed by atoms with Crippen LogP contribution in [0.25, 0.3) is 0 Å². The van der Waals surface area contributed by atoms with Crippen molar-refractivity contribution in [3.8, 4) is 5.75 Å². The zero-order valence-corrected chi connectivity index (χ0v) is 25.1. The van der Waals surface area contributed by atoms with Gasteiger partial charge in [-0.25, -0.2) is 35.1 Å². The normalized spacial score (nSPS) is 18.1. The van der Waals surface area contributed by atoms with Crippen LogP contribution in [0.1, 0.15) is 47.0 Å². The fraction of sp³-hybridized carbons (Fsp3) is 0.500. The average Bonchev–Trinajstić information content (AvgIpc) is 3.70. The first-order valence-corrected chi connectivity index (χ1v) is 16.0. The lowest BCUT2D eigenvalue weighted by Gasteiger charge is -2.39. The molecule has 0 saturated heterocycles. The fourth-order valence-corrected chi connectivity index (χ4v) is 7.67. The van der Waals surface area contributed by atoms with E-state index in [1.54, 1.807) is 13.8 Å². The third-order valence-electron chi connectivity index (χ3n) is 6.77. The van der Waals surface area contributed by atoms with Crippen LogP contribution in [0.15, 0.2) is 41.3 Å². The van der Waals surface area contributed by atoms with E-state index < -0.39 is 77.9 Å². The van der Waals surface area contributed by atoms with E-state index in [1.165, 1.54) is 12.1 Å². The van der Waals surface area contributed by atoms with Crippen LogP contribution < -0.4 is 19.1 Å². The molecule has 2 N–H and O–H groups in total. The summed E-state index contributed by atoms with van der Waals surface area (Å²) in [4.78, 5) is 11.6. The minimum Gasteiger partial charge on any atom is -0.486 e. The van der Waals surface area contributed by atoms with Crippen molar-refractivity contribution in [3.63, 3.8) is 0 Å². The number of halogens is 5. The highest BCUT2D eigenvalue weighted by Crippen LogP contribution is 2.41. The van der Waals surface area contributed by atoms with Crippen molar-refractivity contribution in [2.24, 2.45) is 0 Å². The van der Waals surface area contributed by atoms with Crippen molar-refractivity contribution >= 4 is 37.5 Å². The zero-order chi connectivity index (χ0) is 32.2. The number of benzene rings is 2. The molecule has 2 aliphatic rings. The third-order valence-corrected chi connectivity index (χ3v) is 10.7. The molecular weight excluding hydrogens is 625 g/mol. The van der Waals surface area contributed by atoms with E-state index in [0.717, 1.165) is 16.4 Å². The van der Waals surface area contributed by atoms with E-state index in [-0.39, 0.29) is 23.5 Å². The van der Waals surface area contributed by atoms with Gasteiger partial charge in [-0.15, -0.1) is 0 Å². The van der Waals surface area contributed by atoms with E-state index in [0.29, 0.717) is 38.8 Å². The molecule has 1 saturated carbocycles. The number of amides is 1. The summed E-state index contributed by atoms with van der Waals surface area (Å²) in [7, 11) is -8.25. The SMILES string of the molecule is CC(C)(CC1CN(S(=O)(=O)c2ccc(F)c(F)c2)c2cc(NC(=O)OC(C)(C)C(F)(F)F)ccc2O1)NS(=O)(=O)C1CC1. The van der Waals surface area contributed by atoms with Gasteiger partial charge in [0.15, 0.2) is 11.6 Å². The van der Waals surface area contributed by atoms with Gasteiger partial charge in [-0.3, -0.25) is 9.62 Å². The summed E-state index contributed by atoms with van der Waals surface area (Å²) in [5.74, 6) is -2.75. The van der Waals surface area contributed by atoms with Crippen LogP contribution in [0.2, 0.25) is 0 Å². The first kappa shape index (κ1) is 32.7. The Morgan fingerprint density at radius 2 is 1.65 bits per heavy atom. The standard InChI is InChI=1S/C26H30F5N3O7S2/c1-24(2,33-42(36,37)17-6-7-17)13-16-14-34(43(38,39)18-8-9-19(27)20(28)12-18)21-11-15(5-10-22(21)40-16)32-23(35)41-25(3,4)26(29,30)31/h5,8-12,16-17,33H,6-7,13-14H2,1-4H3,(H,32,35). The Morgan fingerprint density at radius 1 is 1.00 bits per heavy atom. The summed E-state index contributed by atoms with van der Waals surface area (Å²) >= 11 is 0. The highest BCUT2D eigenvalue weighted by molar-refractivity contribution is 7.92. The Hall–Kier alpha value is -3.18. The van der Waals surface area contributed by atoms with Crippen LogP contribution in [-0.2, 0) is 24.8 Å². The van der Waals surface area contributed by atoms with Gasteiger partial charge in [-0.1, -0.05) is 0 Å². The van der Waals surface area contributed by atoms with Gasteiger partial charge in [0.1, 0.15) is 11.9 Å². The number of nitrogens with one attached hydrogen (secondary N) is 2. The number of hydrogen-bond donors (Lipinski definition) is 2. The molecule has 1 fully saturated rings. The number of hydrogen-bond acceptors (Lipinski definition) is 7. The Morgan fingerprint density at radius 3 is 2.23 bits per heavy atom. The molecule has 2 aromatic rings. The number of anilines is 2. The quantitative estimate of drug-likeness (QED) is 0.361. The molecule has 0 aromatic heterocycles. The minimum absolute atomic E-state index is 0.0129. The Bertz CT molecular complexity index is 1630. The first-order chi connectivity index (χ1) is 19.6. The van der Waals surface area contributed by atoms with Gasteiger partial charge in [-0.05, 0) is 76.9 Å². The largest absolute Gasteiger partial charge is 0.486 e. The number of nitrogens with zero attached hydrogens (tertiary/aromatic N) is 1. The van der Waals surface area contributed by atoms with Crippen molar-refractivity contribution in [3.05, 3.63) is 48.0 Å². The predicted molar refractivity (Wildman–Crippen MR) is 146 cm³/mol. The molecule has 2 aromatic carbocycles. The Balaban J connectivity index is 1.67. The van der Waals surface area contributed by atoms with Gasteiger partial charge in [0.2, 0.25) is 15.6 Å². The number of carbonyl (C=O) groups is 1. The molecule has 238 valence electrons. The molecule has 1 unspecified atom stereocenters. The van der Waals surface area contributed by atoms with Crippen molar-refractivity contribution in [2.75, 3.05) is 16.2 Å². The second-order valence-electron chi connectivity index (χ2n) is 11.5. The second-order valence-corrected chi connectivity index (χ2v) is 15.3. The molecule has 10 nitrogen and oxygen atoms in total. The zero-order valence-electron chi connectivity index (χ0n) is 23.5. The van der Waals surface area contributed by atoms with Gasteiger partial charge in [0.25, 0.3) is 10.0 Å². The van der Waals surface area contributed by atoms with E-state index in [1.807, 2.05) is 0 Å². The average molecular weight is 656 g/mol. The van der Waals surface area contributed by atoms with Crippen LogP contribution in [-0.4, -0.2) is 58.1 Å². The fourth-order valence-electron chi connectivity index (χ4n) is 4.38. The number of ether oxygens (including phenoxy) is 2. The number of carbonyl (C=O) groups excluding carboxylic acids is 1. The van der Waals surface area contributed by atoms with Crippen molar-refractivity contribution < 1.29 is 53.1 Å². The molecule has 4 rings (SSSR count). The van der Waals surface area contributed by atoms with Gasteiger partial charge in [-0.2, -0.15) is 13.2 Å². The number of rotatable bonds is 9. The molecule has 0 bridgehead atoms. The summed E-state index contributed by atoms with van der Waals surface area (Å²) < 4.78 is 134. The molecule has 1 amide bonds. The van der Waals surface area contributed by atoms with Gasteiger partial charge >= 0.3 is 12.3 Å². The van der Waals surface area contributed by atoms with Crippen LogP contribution in [0.5, 0.6) is 5.75 Å². The van der Waals surface area contributed by atoms with E-state index in [2.05, 4.69) is 14.8 Å². The summed E-state index contributed by atoms with van der Waals surface area (Å²) in [6, 6.07) is 5.55. The summed E-state index contributed by atoms with van der Waals surface area (Å²) in [6.45, 7) is 4.08. The van der Waals surface area contributed by atoms with E-state index in [9.17, 15) is 43.6 Å². The lowest BCUT2D eigenvalue weighted by Crippen LogP contribution is -2.51. The summed E-state index contributed by atoms with van der Waals surface area (Å²) in [5.41, 5.74) is -4.26. The van der Waals surface area contributed by atoms with Crippen LogP contribution in [0.3, 0.4) is 0 Å². The number of alkyl halides is 3. The molecular formula is C26H30F5N3O7S2. The number of fused-ring (bicyclic) bond motifs is 1. The van der Waals surface area contributed by atoms with Gasteiger partial charge in [0.05, 0.1) is 22.4 Å². The van der Waals surface area contributed by atoms with E-state index in [4.69, 9.17) is 4.74 Å². The maximum atomic E-state index is 14.0. The van der Waals surface area contributed by atoms with Crippen LogP contribution >= 0.6 is 0 Å². The van der Waals surface area contributed by atoms with Crippen LogP contribution in [0.4, 0.5) is 38.1 Å². The number of sulfonamides is 2. The highest BCUT2D eigenvalue weighted by atomic mass is 32.2. The summed E-state index contributed by atoms with van der Waals surface area (Å²) in [6.07, 6.45) is -6.26. The van der Waals surface area contributed by atoms with Gasteiger partial charge < -0.3 is 9.47 Å². The van der Waals surface area contributed by atoms with Crippen molar-refractivity contribution in [2.45, 2.75) is 80.5 Å². The highest BCUT2D eigenvalue weighted by Gasteiger charge is 2.51. The maximum absolute atomic E-state index is 14.0. The predicted octanol–water partition coefficient (Wildman–Crippen LogP) is 5.06. The van der Waals surface area contributed by atoms with Crippen molar-refractivity contribution in [1.82, 2.24) is 4.72 Å². The molecule has 0 spiro atoms. The molecule has 1 atom stereocenters. The monoisotopic (exact) mass is 655 g/mol. The second kappa shape index (κ2) is 11.1. The smallest absolute Gasteiger partial charge is 0.427 e. The minimum atomic E-state index is -4.88. The molecule has 1 heterocycles. The summed E-state index contributed by atoms with van der Waals surface area (Å²) in [5, 5.41) is 1.61. The maximum Gasteiger partial charge on any atom is 0.427 e. The first-order valence-electron chi connectivity index (χ1n) is 13.0. The van der Waals surface area contributed by atoms with Crippen molar-refractivity contribution in [1.29, 1.82) is 0 Å². The molecule has 0 radical (unpaired) electrons. The van der Waals surface area contributed by atoms with Crippen LogP contribution in [0, 0.1) is 11.6 Å². The Kier molecular flexibility index (Phi) is 8.43.